The second-order valence-electron chi connectivity index (χ2n) is 6.18. The molecule has 0 unspecified atom stereocenters. The highest BCUT2D eigenvalue weighted by Gasteiger charge is 2.26. The zero-order valence-corrected chi connectivity index (χ0v) is 13.8. The number of nitrogens with one attached hydrogen (secondary N) is 1. The van der Waals surface area contributed by atoms with Crippen molar-refractivity contribution in [1.29, 1.82) is 0 Å². The van der Waals surface area contributed by atoms with Gasteiger partial charge in [-0.25, -0.2) is 4.79 Å². The Morgan fingerprint density at radius 2 is 1.92 bits per heavy atom. The first-order chi connectivity index (χ1) is 12.0. The second kappa shape index (κ2) is 7.36. The highest BCUT2D eigenvalue weighted by Crippen LogP contribution is 2.26. The van der Waals surface area contributed by atoms with Crippen molar-refractivity contribution in [3.05, 3.63) is 65.2 Å². The van der Waals surface area contributed by atoms with E-state index in [1.54, 1.807) is 17.0 Å². The third-order valence-corrected chi connectivity index (χ3v) is 4.43. The van der Waals surface area contributed by atoms with Crippen molar-refractivity contribution in [2.24, 2.45) is 5.73 Å². The van der Waals surface area contributed by atoms with E-state index in [0.29, 0.717) is 31.6 Å². The monoisotopic (exact) mass is 339 g/mol. The van der Waals surface area contributed by atoms with Gasteiger partial charge in [0.1, 0.15) is 0 Å². The fraction of sp³-hybridized carbons (Fsp3) is 0.263. The number of carbonyl (C=O) groups excluding carboxylic acids is 1. The van der Waals surface area contributed by atoms with E-state index in [0.717, 1.165) is 16.7 Å². The molecule has 1 aliphatic heterocycles. The Balaban J connectivity index is 1.70. The van der Waals surface area contributed by atoms with Gasteiger partial charge in [0.05, 0.1) is 6.04 Å². The van der Waals surface area contributed by atoms with Crippen molar-refractivity contribution in [2.45, 2.75) is 25.4 Å². The van der Waals surface area contributed by atoms with E-state index in [9.17, 15) is 9.59 Å². The van der Waals surface area contributed by atoms with Crippen molar-refractivity contribution in [2.75, 3.05) is 11.9 Å². The predicted octanol–water partition coefficient (Wildman–Crippen LogP) is 2.23. The standard InChI is InChI=1S/C19H21N3O3/c20-16(11-13-5-2-1-3-6-13)18(23)22-10-9-15-14(12-22)7-4-8-17(15)21-19(24)25/h1-8,16,21H,9-12,20H2,(H,24,25)/t16-/m0/s1. The topological polar surface area (TPSA) is 95.7 Å². The highest BCUT2D eigenvalue weighted by atomic mass is 16.4. The molecule has 2 amide bonds. The third-order valence-electron chi connectivity index (χ3n) is 4.43. The lowest BCUT2D eigenvalue weighted by Crippen LogP contribution is -2.46. The predicted molar refractivity (Wildman–Crippen MR) is 95.3 cm³/mol. The zero-order valence-electron chi connectivity index (χ0n) is 13.8. The summed E-state index contributed by atoms with van der Waals surface area (Å²) in [6.45, 7) is 0.985. The number of carbonyl (C=O) groups is 2. The maximum atomic E-state index is 12.7. The van der Waals surface area contributed by atoms with E-state index in [1.165, 1.54) is 0 Å². The summed E-state index contributed by atoms with van der Waals surface area (Å²) in [5.74, 6) is -0.0777. The van der Waals surface area contributed by atoms with E-state index in [-0.39, 0.29) is 5.91 Å². The van der Waals surface area contributed by atoms with Crippen LogP contribution in [-0.2, 0) is 24.2 Å². The van der Waals surface area contributed by atoms with Gasteiger partial charge in [-0.05, 0) is 35.6 Å². The van der Waals surface area contributed by atoms with Gasteiger partial charge in [0, 0.05) is 18.8 Å². The van der Waals surface area contributed by atoms with E-state index in [2.05, 4.69) is 5.32 Å². The first-order valence-electron chi connectivity index (χ1n) is 8.23. The molecule has 0 aliphatic carbocycles. The van der Waals surface area contributed by atoms with E-state index < -0.39 is 12.1 Å². The molecule has 0 spiro atoms. The van der Waals surface area contributed by atoms with Crippen molar-refractivity contribution >= 4 is 17.7 Å². The van der Waals surface area contributed by atoms with Crippen LogP contribution < -0.4 is 11.1 Å². The van der Waals surface area contributed by atoms with Gasteiger partial charge in [-0.2, -0.15) is 0 Å². The third kappa shape index (κ3) is 3.97. The van der Waals surface area contributed by atoms with Crippen LogP contribution in [0.15, 0.2) is 48.5 Å². The van der Waals surface area contributed by atoms with Crippen LogP contribution in [0.3, 0.4) is 0 Å². The number of amides is 2. The minimum atomic E-state index is -1.09. The van der Waals surface area contributed by atoms with Crippen molar-refractivity contribution in [3.63, 3.8) is 0 Å². The molecule has 0 bridgehead atoms. The Morgan fingerprint density at radius 3 is 2.64 bits per heavy atom. The number of nitrogens with zero attached hydrogens (tertiary/aromatic N) is 1. The first kappa shape index (κ1) is 17.0. The number of hydrogen-bond donors (Lipinski definition) is 3. The molecule has 0 saturated carbocycles. The fourth-order valence-electron chi connectivity index (χ4n) is 3.22. The second-order valence-corrected chi connectivity index (χ2v) is 6.18. The molecule has 6 nitrogen and oxygen atoms in total. The van der Waals surface area contributed by atoms with Crippen molar-refractivity contribution < 1.29 is 14.7 Å². The summed E-state index contributed by atoms with van der Waals surface area (Å²) in [5, 5.41) is 11.4. The number of fused-ring (bicyclic) bond motifs is 1. The molecule has 1 atom stereocenters. The highest BCUT2D eigenvalue weighted by molar-refractivity contribution is 5.85. The van der Waals surface area contributed by atoms with E-state index >= 15 is 0 Å². The van der Waals surface area contributed by atoms with Crippen LogP contribution in [0.4, 0.5) is 10.5 Å². The first-order valence-corrected chi connectivity index (χ1v) is 8.23. The smallest absolute Gasteiger partial charge is 0.409 e. The molecule has 0 fully saturated rings. The number of carboxylic acid groups (broad SMARTS) is 1. The summed E-state index contributed by atoms with van der Waals surface area (Å²) in [6, 6.07) is 14.6. The lowest BCUT2D eigenvalue weighted by molar-refractivity contribution is -0.133. The van der Waals surface area contributed by atoms with E-state index in [4.69, 9.17) is 10.8 Å². The average Bonchev–Trinajstić information content (AvgIpc) is 2.61. The lowest BCUT2D eigenvalue weighted by atomic mass is 9.96. The number of benzene rings is 2. The van der Waals surface area contributed by atoms with Gasteiger partial charge >= 0.3 is 6.09 Å². The van der Waals surface area contributed by atoms with Crippen molar-refractivity contribution in [3.8, 4) is 0 Å². The minimum Gasteiger partial charge on any atom is -0.465 e. The molecular formula is C19H21N3O3. The molecule has 0 aromatic heterocycles. The summed E-state index contributed by atoms with van der Waals surface area (Å²) in [7, 11) is 0. The largest absolute Gasteiger partial charge is 0.465 e. The van der Waals surface area contributed by atoms with Gasteiger partial charge in [0.2, 0.25) is 5.91 Å². The Labute approximate surface area is 146 Å². The molecule has 130 valence electrons. The van der Waals surface area contributed by atoms with Crippen LogP contribution in [0.1, 0.15) is 16.7 Å². The SMILES string of the molecule is N[C@@H](Cc1ccccc1)C(=O)N1CCc2c(cccc2NC(=O)O)C1. The quantitative estimate of drug-likeness (QED) is 0.796. The molecule has 3 rings (SSSR count). The average molecular weight is 339 g/mol. The molecule has 0 radical (unpaired) electrons. The number of nitrogens with two attached hydrogens (primary N) is 1. The van der Waals surface area contributed by atoms with Crippen LogP contribution in [0.25, 0.3) is 0 Å². The van der Waals surface area contributed by atoms with Gasteiger partial charge < -0.3 is 15.7 Å². The maximum absolute atomic E-state index is 12.7. The Bertz CT molecular complexity index is 777. The van der Waals surface area contributed by atoms with Crippen LogP contribution in [0, 0.1) is 0 Å². The lowest BCUT2D eigenvalue weighted by Gasteiger charge is -2.31. The maximum Gasteiger partial charge on any atom is 0.409 e. The number of anilines is 1. The minimum absolute atomic E-state index is 0.0777. The molecule has 2 aromatic carbocycles. The summed E-state index contributed by atoms with van der Waals surface area (Å²) < 4.78 is 0. The van der Waals surface area contributed by atoms with Gasteiger partial charge in [0.15, 0.2) is 0 Å². The fourth-order valence-corrected chi connectivity index (χ4v) is 3.22. The summed E-state index contributed by atoms with van der Waals surface area (Å²) in [6.07, 6.45) is 0.0240. The van der Waals surface area contributed by atoms with Gasteiger partial charge in [-0.1, -0.05) is 42.5 Å². The van der Waals surface area contributed by atoms with Crippen LogP contribution >= 0.6 is 0 Å². The Kier molecular flexibility index (Phi) is 5.00. The molecule has 1 heterocycles. The summed E-state index contributed by atoms with van der Waals surface area (Å²) in [5.41, 5.74) is 9.64. The molecule has 25 heavy (non-hydrogen) atoms. The summed E-state index contributed by atoms with van der Waals surface area (Å²) >= 11 is 0. The van der Waals surface area contributed by atoms with Crippen LogP contribution in [-0.4, -0.2) is 34.6 Å². The Morgan fingerprint density at radius 1 is 1.16 bits per heavy atom. The van der Waals surface area contributed by atoms with Crippen LogP contribution in [0.2, 0.25) is 0 Å². The number of rotatable bonds is 4. The van der Waals surface area contributed by atoms with Crippen LogP contribution in [0.5, 0.6) is 0 Å². The van der Waals surface area contributed by atoms with Crippen molar-refractivity contribution in [1.82, 2.24) is 4.90 Å². The van der Waals surface area contributed by atoms with Gasteiger partial charge in [0.25, 0.3) is 0 Å². The van der Waals surface area contributed by atoms with Gasteiger partial charge in [-0.3, -0.25) is 10.1 Å². The molecular weight excluding hydrogens is 318 g/mol. The molecule has 0 saturated heterocycles. The van der Waals surface area contributed by atoms with E-state index in [1.807, 2.05) is 36.4 Å². The molecule has 2 aromatic rings. The normalized spacial score (nSPS) is 14.5. The Hall–Kier alpha value is -2.86. The molecule has 6 heteroatoms. The molecule has 1 aliphatic rings. The molecule has 4 N–H and O–H groups in total. The zero-order chi connectivity index (χ0) is 17.8. The number of hydrogen-bond acceptors (Lipinski definition) is 3. The van der Waals surface area contributed by atoms with Gasteiger partial charge in [-0.15, -0.1) is 0 Å². The summed E-state index contributed by atoms with van der Waals surface area (Å²) in [4.78, 5) is 25.3.